The van der Waals surface area contributed by atoms with Crippen molar-refractivity contribution in [3.63, 3.8) is 0 Å². The normalized spacial score (nSPS) is 8.00. The van der Waals surface area contributed by atoms with Crippen molar-refractivity contribution in [1.29, 1.82) is 0 Å². The maximum atomic E-state index is 10.5. The predicted octanol–water partition coefficient (Wildman–Crippen LogP) is -3.22. The molecule has 0 aliphatic carbocycles. The molecule has 0 spiro atoms. The summed E-state index contributed by atoms with van der Waals surface area (Å²) in [6, 6.07) is 2.37. The molecule has 0 atom stereocenters. The van der Waals surface area contributed by atoms with Gasteiger partial charge in [-0.05, 0) is 11.6 Å². The van der Waals surface area contributed by atoms with E-state index in [0.29, 0.717) is 6.07 Å². The van der Waals surface area contributed by atoms with Crippen LogP contribution in [0.5, 0.6) is 0 Å². The van der Waals surface area contributed by atoms with Crippen LogP contribution < -0.4 is 15.3 Å². The van der Waals surface area contributed by atoms with E-state index < -0.39 is 34.6 Å². The zero-order chi connectivity index (χ0) is 11.6. The number of aromatic carboxylic acids is 3. The molecule has 0 fully saturated rings. The van der Waals surface area contributed by atoms with E-state index in [0.717, 1.165) is 12.1 Å². The van der Waals surface area contributed by atoms with Gasteiger partial charge in [-0.2, -0.15) is 0 Å². The van der Waals surface area contributed by atoms with Crippen LogP contribution in [0.2, 0.25) is 0 Å². The average Bonchev–Trinajstić information content (AvgIpc) is 2.16. The van der Waals surface area contributed by atoms with Crippen molar-refractivity contribution < 1.29 is 179 Å². The van der Waals surface area contributed by atoms with E-state index in [-0.39, 0.29) is 150 Å². The first-order chi connectivity index (χ1) is 6.93. The summed E-state index contributed by atoms with van der Waals surface area (Å²) in [5.41, 5.74) is -1.84. The van der Waals surface area contributed by atoms with E-state index >= 15 is 0 Å². The summed E-state index contributed by atoms with van der Waals surface area (Å²) in [5.74, 6) is -5.13. The zero-order valence-corrected chi connectivity index (χ0v) is 34.8. The van der Waals surface area contributed by atoms with Crippen molar-refractivity contribution in [2.45, 2.75) is 0 Å². The summed E-state index contributed by atoms with van der Waals surface area (Å²) in [6.45, 7) is 0. The van der Waals surface area contributed by atoms with Gasteiger partial charge < -0.3 is 29.7 Å². The third-order valence-corrected chi connectivity index (χ3v) is 1.70. The van der Waals surface area contributed by atoms with E-state index in [1.165, 1.54) is 0 Å². The predicted molar refractivity (Wildman–Crippen MR) is 39.4 cm³/mol. The molecule has 1 aromatic rings. The Morgan fingerprint density at radius 2 is 1.17 bits per heavy atom. The fraction of sp³-hybridized carbons (Fsp3) is 0. The Labute approximate surface area is 226 Å². The summed E-state index contributed by atoms with van der Waals surface area (Å²) < 4.78 is 0. The van der Waals surface area contributed by atoms with Crippen molar-refractivity contribution in [1.82, 2.24) is 0 Å². The number of rotatable bonds is 3. The third kappa shape index (κ3) is 7.44. The number of carbonyl (C=O) groups excluding carboxylic acids is 3. The summed E-state index contributed by atoms with van der Waals surface area (Å²) in [6.07, 6.45) is 0. The SMILES string of the molecule is O=C([O-])c1ccc(C(=O)[O-])c(C(=O)[O-])c1.[Fr+].[Fr+].[Fr+]. The van der Waals surface area contributed by atoms with Crippen molar-refractivity contribution in [2.75, 3.05) is 0 Å². The van der Waals surface area contributed by atoms with Crippen LogP contribution in [0, 0.1) is 150 Å². The van der Waals surface area contributed by atoms with Crippen molar-refractivity contribution >= 4 is 17.9 Å². The maximum Gasteiger partial charge on any atom is 1.00 e. The van der Waals surface area contributed by atoms with Gasteiger partial charge in [0.05, 0.1) is 17.9 Å². The Morgan fingerprint density at radius 1 is 0.722 bits per heavy atom. The van der Waals surface area contributed by atoms with E-state index in [1.807, 2.05) is 0 Å². The molecular formula is C9H3Fr3O6. The van der Waals surface area contributed by atoms with Gasteiger partial charge in [0.25, 0.3) is 0 Å². The van der Waals surface area contributed by atoms with Crippen LogP contribution >= 0.6 is 0 Å². The first-order valence-corrected chi connectivity index (χ1v) is 3.71. The van der Waals surface area contributed by atoms with Gasteiger partial charge in [-0.25, -0.2) is 0 Å². The van der Waals surface area contributed by atoms with Gasteiger partial charge in [0.15, 0.2) is 0 Å². The average molecular weight is 876 g/mol. The van der Waals surface area contributed by atoms with Gasteiger partial charge >= 0.3 is 150 Å². The Hall–Kier alpha value is 2.42. The molecule has 0 aromatic heterocycles. The molecule has 0 unspecified atom stereocenters. The summed E-state index contributed by atoms with van der Waals surface area (Å²) >= 11 is 0. The largest absolute Gasteiger partial charge is 1.00 e. The molecule has 0 saturated heterocycles. The maximum absolute atomic E-state index is 10.5. The van der Waals surface area contributed by atoms with Crippen LogP contribution in [0.25, 0.3) is 0 Å². The van der Waals surface area contributed by atoms with Crippen LogP contribution in [0.15, 0.2) is 18.2 Å². The van der Waals surface area contributed by atoms with E-state index in [4.69, 9.17) is 0 Å². The molecule has 0 amide bonds. The van der Waals surface area contributed by atoms with Gasteiger partial charge in [0, 0.05) is 11.1 Å². The fourth-order valence-electron chi connectivity index (χ4n) is 1.02. The molecule has 1 rings (SSSR count). The number of benzene rings is 1. The molecule has 78 valence electrons. The fourth-order valence-corrected chi connectivity index (χ4v) is 1.02. The molecular weight excluding hydrogens is 873 g/mol. The molecule has 0 bridgehead atoms. The van der Waals surface area contributed by atoms with Crippen LogP contribution in [0.3, 0.4) is 0 Å². The van der Waals surface area contributed by atoms with Crippen LogP contribution in [-0.4, -0.2) is 17.9 Å². The molecule has 9 heteroatoms. The van der Waals surface area contributed by atoms with Crippen LogP contribution in [-0.2, 0) is 0 Å². The van der Waals surface area contributed by atoms with Gasteiger partial charge in [0.1, 0.15) is 0 Å². The van der Waals surface area contributed by atoms with Crippen LogP contribution in [0.4, 0.5) is 0 Å². The van der Waals surface area contributed by atoms with Crippen molar-refractivity contribution in [2.24, 2.45) is 0 Å². The zero-order valence-electron chi connectivity index (χ0n) is 10.2. The number of carbonyl (C=O) groups is 3. The van der Waals surface area contributed by atoms with E-state index in [1.54, 1.807) is 0 Å². The van der Waals surface area contributed by atoms with Gasteiger partial charge in [-0.15, -0.1) is 0 Å². The second-order valence-corrected chi connectivity index (χ2v) is 2.62. The monoisotopic (exact) mass is 876 g/mol. The molecule has 0 heterocycles. The Morgan fingerprint density at radius 3 is 1.50 bits per heavy atom. The minimum Gasteiger partial charge on any atom is -0.545 e. The minimum atomic E-state index is -1.79. The van der Waals surface area contributed by atoms with E-state index in [9.17, 15) is 29.7 Å². The van der Waals surface area contributed by atoms with Gasteiger partial charge in [-0.3, -0.25) is 0 Å². The Kier molecular flexibility index (Phi) is 16.9. The molecule has 18 heavy (non-hydrogen) atoms. The number of hydrogen-bond acceptors (Lipinski definition) is 6. The van der Waals surface area contributed by atoms with Crippen molar-refractivity contribution in [3.05, 3.63) is 34.9 Å². The van der Waals surface area contributed by atoms with Crippen molar-refractivity contribution in [3.8, 4) is 0 Å². The standard InChI is InChI=1S/C9H6O6.3Fr/c10-7(11)4-1-2-5(8(12)13)6(3-4)9(14)15;;;/h1-3H,(H,10,11)(H,12,13)(H,14,15);;;/q;3*+1/p-3. The quantitative estimate of drug-likeness (QED) is 0.316. The first-order valence-electron chi connectivity index (χ1n) is 3.71. The number of hydrogen-bond donors (Lipinski definition) is 0. The number of carboxylic acid groups (broad SMARTS) is 3. The molecule has 0 aliphatic rings. The molecule has 0 aliphatic heterocycles. The summed E-state index contributed by atoms with van der Waals surface area (Å²) in [7, 11) is 0. The van der Waals surface area contributed by atoms with Gasteiger partial charge in [-0.1, -0.05) is 12.1 Å². The molecule has 0 saturated carbocycles. The molecule has 0 radical (unpaired) electrons. The molecule has 6 nitrogen and oxygen atoms in total. The summed E-state index contributed by atoms with van der Waals surface area (Å²) in [4.78, 5) is 31.3. The molecule has 1 aromatic carbocycles. The minimum absolute atomic E-state index is 0. The second kappa shape index (κ2) is 12.0. The molecule has 0 N–H and O–H groups in total. The van der Waals surface area contributed by atoms with Gasteiger partial charge in [0.2, 0.25) is 0 Å². The second-order valence-electron chi connectivity index (χ2n) is 2.62. The third-order valence-electron chi connectivity index (χ3n) is 1.70. The Balaban J connectivity index is -0.000000750. The number of carboxylic acids is 3. The smallest absolute Gasteiger partial charge is 0.545 e. The summed E-state index contributed by atoms with van der Waals surface area (Å²) in [5, 5.41) is 31.3. The van der Waals surface area contributed by atoms with Crippen LogP contribution in [0.1, 0.15) is 31.1 Å². The first kappa shape index (κ1) is 25.4. The van der Waals surface area contributed by atoms with E-state index in [2.05, 4.69) is 0 Å². The topological polar surface area (TPSA) is 120 Å². The Bertz CT molecular complexity index is 460.